The molecule has 0 fully saturated rings. The van der Waals surface area contributed by atoms with Crippen LogP contribution in [0.3, 0.4) is 0 Å². The van der Waals surface area contributed by atoms with Gasteiger partial charge in [-0.25, -0.2) is 9.97 Å². The predicted octanol–water partition coefficient (Wildman–Crippen LogP) is 5.04. The maximum atomic E-state index is 9.42. The Bertz CT molecular complexity index is 1090. The Morgan fingerprint density at radius 3 is 2.50 bits per heavy atom. The third-order valence-electron chi connectivity index (χ3n) is 4.59. The highest BCUT2D eigenvalue weighted by atomic mass is 32.1. The van der Waals surface area contributed by atoms with Crippen LogP contribution in [0.5, 0.6) is 11.5 Å². The molecule has 0 amide bonds. The standard InChI is InChI=1S/C22H21N3O2S/c1-14-24-21(23-12-11-15-3-7-17(26)8-4-15)20-19(13-28-22(20)25-14)16-5-9-18(27-2)10-6-16/h3-10,13,26H,11-12H2,1-2H3,(H,23,24,25). The van der Waals surface area contributed by atoms with Crippen LogP contribution in [0.2, 0.25) is 0 Å². The van der Waals surface area contributed by atoms with Crippen LogP contribution in [0, 0.1) is 6.92 Å². The number of nitrogens with zero attached hydrogens (tertiary/aromatic N) is 2. The van der Waals surface area contributed by atoms with E-state index in [1.807, 2.05) is 31.2 Å². The van der Waals surface area contributed by atoms with Crippen LogP contribution >= 0.6 is 11.3 Å². The number of anilines is 1. The van der Waals surface area contributed by atoms with Crippen molar-refractivity contribution in [2.75, 3.05) is 19.0 Å². The molecule has 0 unspecified atom stereocenters. The van der Waals surface area contributed by atoms with Crippen molar-refractivity contribution >= 4 is 27.4 Å². The van der Waals surface area contributed by atoms with Crippen molar-refractivity contribution in [2.45, 2.75) is 13.3 Å². The highest BCUT2D eigenvalue weighted by Gasteiger charge is 2.14. The summed E-state index contributed by atoms with van der Waals surface area (Å²) in [4.78, 5) is 10.2. The zero-order valence-corrected chi connectivity index (χ0v) is 16.6. The molecule has 28 heavy (non-hydrogen) atoms. The first kappa shape index (κ1) is 18.3. The molecule has 0 atom stereocenters. The van der Waals surface area contributed by atoms with Gasteiger partial charge in [0.1, 0.15) is 28.0 Å². The van der Waals surface area contributed by atoms with E-state index in [2.05, 4.69) is 32.8 Å². The summed E-state index contributed by atoms with van der Waals surface area (Å²) in [7, 11) is 1.67. The molecule has 2 aromatic carbocycles. The van der Waals surface area contributed by atoms with Crippen LogP contribution in [0.4, 0.5) is 5.82 Å². The van der Waals surface area contributed by atoms with Crippen molar-refractivity contribution in [1.82, 2.24) is 9.97 Å². The van der Waals surface area contributed by atoms with E-state index in [1.54, 1.807) is 30.6 Å². The fourth-order valence-corrected chi connectivity index (χ4v) is 4.14. The van der Waals surface area contributed by atoms with Gasteiger partial charge in [-0.3, -0.25) is 0 Å². The van der Waals surface area contributed by atoms with Crippen molar-refractivity contribution in [1.29, 1.82) is 0 Å². The smallest absolute Gasteiger partial charge is 0.139 e. The van der Waals surface area contributed by atoms with Crippen molar-refractivity contribution in [2.24, 2.45) is 0 Å². The number of methoxy groups -OCH3 is 1. The molecule has 0 spiro atoms. The SMILES string of the molecule is COc1ccc(-c2csc3nc(C)nc(NCCc4ccc(O)cc4)c23)cc1. The summed E-state index contributed by atoms with van der Waals surface area (Å²) in [5, 5.41) is 16.1. The van der Waals surface area contributed by atoms with E-state index in [0.29, 0.717) is 0 Å². The molecular weight excluding hydrogens is 370 g/mol. The van der Waals surface area contributed by atoms with E-state index in [9.17, 15) is 5.11 Å². The quantitative estimate of drug-likeness (QED) is 0.482. The number of phenolic OH excluding ortho intramolecular Hbond substituents is 1. The van der Waals surface area contributed by atoms with E-state index in [4.69, 9.17) is 4.74 Å². The average Bonchev–Trinajstić information content (AvgIpc) is 3.13. The summed E-state index contributed by atoms with van der Waals surface area (Å²) in [6, 6.07) is 15.3. The van der Waals surface area contributed by atoms with Gasteiger partial charge in [-0.15, -0.1) is 11.3 Å². The first-order valence-electron chi connectivity index (χ1n) is 9.06. The number of phenols is 1. The molecule has 0 bridgehead atoms. The van der Waals surface area contributed by atoms with Gasteiger partial charge in [0.15, 0.2) is 0 Å². The number of ether oxygens (including phenoxy) is 1. The number of hydrogen-bond donors (Lipinski definition) is 2. The summed E-state index contributed by atoms with van der Waals surface area (Å²) in [6.45, 7) is 2.66. The van der Waals surface area contributed by atoms with Crippen LogP contribution in [0.1, 0.15) is 11.4 Å². The van der Waals surface area contributed by atoms with E-state index in [1.165, 1.54) is 0 Å². The Hall–Kier alpha value is -3.12. The van der Waals surface area contributed by atoms with Gasteiger partial charge in [0.2, 0.25) is 0 Å². The molecule has 2 N–H and O–H groups in total. The van der Waals surface area contributed by atoms with Crippen LogP contribution in [-0.2, 0) is 6.42 Å². The van der Waals surface area contributed by atoms with Gasteiger partial charge in [0, 0.05) is 17.5 Å². The second-order valence-corrected chi connectivity index (χ2v) is 7.38. The minimum absolute atomic E-state index is 0.284. The van der Waals surface area contributed by atoms with Gasteiger partial charge < -0.3 is 15.2 Å². The van der Waals surface area contributed by atoms with Gasteiger partial charge in [0.05, 0.1) is 12.5 Å². The summed E-state index contributed by atoms with van der Waals surface area (Å²) in [6.07, 6.45) is 0.840. The third kappa shape index (κ3) is 3.77. The molecule has 0 aliphatic rings. The number of rotatable bonds is 6. The molecule has 5 nitrogen and oxygen atoms in total. The highest BCUT2D eigenvalue weighted by molar-refractivity contribution is 7.17. The third-order valence-corrected chi connectivity index (χ3v) is 5.46. The number of aromatic nitrogens is 2. The lowest BCUT2D eigenvalue weighted by molar-refractivity contribution is 0.415. The highest BCUT2D eigenvalue weighted by Crippen LogP contribution is 2.37. The molecule has 142 valence electrons. The Balaban J connectivity index is 1.63. The first-order chi connectivity index (χ1) is 13.6. The van der Waals surface area contributed by atoms with Gasteiger partial charge in [-0.1, -0.05) is 24.3 Å². The van der Waals surface area contributed by atoms with Crippen molar-refractivity contribution in [3.05, 3.63) is 65.3 Å². The normalized spacial score (nSPS) is 10.9. The predicted molar refractivity (Wildman–Crippen MR) is 114 cm³/mol. The fourth-order valence-electron chi connectivity index (χ4n) is 3.15. The fraction of sp³-hybridized carbons (Fsp3) is 0.182. The van der Waals surface area contributed by atoms with Gasteiger partial charge in [-0.2, -0.15) is 0 Å². The number of benzene rings is 2. The number of aryl methyl sites for hydroxylation is 1. The lowest BCUT2D eigenvalue weighted by atomic mass is 10.1. The Morgan fingerprint density at radius 2 is 1.79 bits per heavy atom. The molecule has 4 rings (SSSR count). The zero-order chi connectivity index (χ0) is 19.5. The number of nitrogens with one attached hydrogen (secondary N) is 1. The summed E-state index contributed by atoms with van der Waals surface area (Å²) >= 11 is 1.63. The van der Waals surface area contributed by atoms with Crippen molar-refractivity contribution in [3.63, 3.8) is 0 Å². The summed E-state index contributed by atoms with van der Waals surface area (Å²) in [5.74, 6) is 2.73. The maximum absolute atomic E-state index is 9.42. The summed E-state index contributed by atoms with van der Waals surface area (Å²) in [5.41, 5.74) is 3.39. The zero-order valence-electron chi connectivity index (χ0n) is 15.8. The van der Waals surface area contributed by atoms with Crippen LogP contribution in [-0.4, -0.2) is 28.7 Å². The second-order valence-electron chi connectivity index (χ2n) is 6.52. The van der Waals surface area contributed by atoms with Crippen LogP contribution in [0.25, 0.3) is 21.3 Å². The Kier molecular flexibility index (Phi) is 5.12. The summed E-state index contributed by atoms with van der Waals surface area (Å²) < 4.78 is 5.27. The van der Waals surface area contributed by atoms with Crippen molar-refractivity contribution in [3.8, 4) is 22.6 Å². The molecule has 0 aliphatic heterocycles. The molecule has 2 heterocycles. The Labute approximate surface area is 167 Å². The van der Waals surface area contributed by atoms with E-state index in [0.717, 1.165) is 57.3 Å². The Morgan fingerprint density at radius 1 is 1.04 bits per heavy atom. The van der Waals surface area contributed by atoms with Gasteiger partial charge in [0.25, 0.3) is 0 Å². The lowest BCUT2D eigenvalue weighted by Gasteiger charge is -2.10. The largest absolute Gasteiger partial charge is 0.508 e. The molecule has 2 aromatic heterocycles. The molecule has 6 heteroatoms. The van der Waals surface area contributed by atoms with E-state index in [-0.39, 0.29) is 5.75 Å². The molecular formula is C22H21N3O2S. The first-order valence-corrected chi connectivity index (χ1v) is 9.94. The van der Waals surface area contributed by atoms with Crippen LogP contribution < -0.4 is 10.1 Å². The minimum Gasteiger partial charge on any atom is -0.508 e. The van der Waals surface area contributed by atoms with E-state index < -0.39 is 0 Å². The molecule has 0 radical (unpaired) electrons. The maximum Gasteiger partial charge on any atom is 0.139 e. The van der Waals surface area contributed by atoms with E-state index >= 15 is 0 Å². The van der Waals surface area contributed by atoms with Gasteiger partial charge >= 0.3 is 0 Å². The second kappa shape index (κ2) is 7.86. The molecule has 0 saturated heterocycles. The van der Waals surface area contributed by atoms with Crippen LogP contribution in [0.15, 0.2) is 53.9 Å². The topological polar surface area (TPSA) is 67.3 Å². The molecule has 0 aliphatic carbocycles. The molecule has 4 aromatic rings. The molecule has 0 saturated carbocycles. The average molecular weight is 391 g/mol. The number of hydrogen-bond acceptors (Lipinski definition) is 6. The van der Waals surface area contributed by atoms with Crippen molar-refractivity contribution < 1.29 is 9.84 Å². The minimum atomic E-state index is 0.284. The lowest BCUT2D eigenvalue weighted by Crippen LogP contribution is -2.08. The number of thiophene rings is 1. The number of fused-ring (bicyclic) bond motifs is 1. The van der Waals surface area contributed by atoms with Gasteiger partial charge in [-0.05, 0) is 48.7 Å². The number of aromatic hydroxyl groups is 1. The monoisotopic (exact) mass is 391 g/mol.